The minimum Gasteiger partial charge on any atom is -0.384 e. The van der Waals surface area contributed by atoms with Crippen molar-refractivity contribution >= 4 is 31.5 Å². The van der Waals surface area contributed by atoms with Gasteiger partial charge in [-0.1, -0.05) is 15.9 Å². The van der Waals surface area contributed by atoms with E-state index in [0.717, 1.165) is 10.2 Å². The van der Waals surface area contributed by atoms with E-state index in [9.17, 15) is 8.42 Å². The van der Waals surface area contributed by atoms with Crippen molar-refractivity contribution in [3.8, 4) is 0 Å². The fourth-order valence-corrected chi connectivity index (χ4v) is 2.26. The van der Waals surface area contributed by atoms with Crippen LogP contribution in [0.4, 0.5) is 5.69 Å². The normalized spacial score (nSPS) is 11.8. The highest BCUT2D eigenvalue weighted by Gasteiger charge is 2.14. The molecule has 0 bridgehead atoms. The second-order valence-electron chi connectivity index (χ2n) is 3.85. The van der Waals surface area contributed by atoms with E-state index >= 15 is 0 Å². The van der Waals surface area contributed by atoms with Crippen molar-refractivity contribution in [3.05, 3.63) is 28.7 Å². The lowest BCUT2D eigenvalue weighted by Crippen LogP contribution is -2.22. The highest BCUT2D eigenvalue weighted by Crippen LogP contribution is 2.13. The van der Waals surface area contributed by atoms with Crippen LogP contribution in [0.25, 0.3) is 0 Å². The van der Waals surface area contributed by atoms with Gasteiger partial charge in [0.05, 0.1) is 11.0 Å². The second kappa shape index (κ2) is 5.68. The minimum absolute atomic E-state index is 0.167. The summed E-state index contributed by atoms with van der Waals surface area (Å²) < 4.78 is 24.1. The molecule has 0 unspecified atom stereocenters. The van der Waals surface area contributed by atoms with Gasteiger partial charge in [-0.25, -0.2) is 8.42 Å². The number of hydrogen-bond donors (Lipinski definition) is 1. The van der Waals surface area contributed by atoms with Crippen LogP contribution in [-0.2, 0) is 9.84 Å². The van der Waals surface area contributed by atoms with Gasteiger partial charge < -0.3 is 5.32 Å². The zero-order valence-electron chi connectivity index (χ0n) is 9.40. The molecule has 1 aromatic carbocycles. The number of halogens is 1. The molecule has 0 fully saturated rings. The van der Waals surface area contributed by atoms with Gasteiger partial charge in [0.25, 0.3) is 0 Å². The molecule has 0 aliphatic heterocycles. The van der Waals surface area contributed by atoms with Gasteiger partial charge in [0.15, 0.2) is 9.84 Å². The predicted octanol–water partition coefficient (Wildman–Crippen LogP) is 2.68. The van der Waals surface area contributed by atoms with Crippen LogP contribution in [0.2, 0.25) is 0 Å². The monoisotopic (exact) mass is 305 g/mol. The molecule has 16 heavy (non-hydrogen) atoms. The van der Waals surface area contributed by atoms with Crippen molar-refractivity contribution in [2.75, 3.05) is 17.6 Å². The maximum Gasteiger partial charge on any atom is 0.154 e. The molecule has 0 aliphatic carbocycles. The fraction of sp³-hybridized carbons (Fsp3) is 0.455. The van der Waals surface area contributed by atoms with E-state index < -0.39 is 9.84 Å². The van der Waals surface area contributed by atoms with Crippen LogP contribution in [0.1, 0.15) is 13.8 Å². The molecule has 0 saturated heterocycles. The third-order valence-corrected chi connectivity index (χ3v) is 5.02. The average Bonchev–Trinajstić information content (AvgIpc) is 2.20. The van der Waals surface area contributed by atoms with Crippen molar-refractivity contribution < 1.29 is 8.42 Å². The smallest absolute Gasteiger partial charge is 0.154 e. The zero-order valence-corrected chi connectivity index (χ0v) is 11.8. The summed E-state index contributed by atoms with van der Waals surface area (Å²) in [6.07, 6.45) is 0. The highest BCUT2D eigenvalue weighted by molar-refractivity contribution is 9.10. The first kappa shape index (κ1) is 13.5. The number of nitrogens with one attached hydrogen (secondary N) is 1. The zero-order chi connectivity index (χ0) is 12.2. The topological polar surface area (TPSA) is 46.2 Å². The number of benzene rings is 1. The maximum absolute atomic E-state index is 11.5. The van der Waals surface area contributed by atoms with E-state index in [-0.39, 0.29) is 11.0 Å². The maximum atomic E-state index is 11.5. The van der Waals surface area contributed by atoms with Gasteiger partial charge in [-0.05, 0) is 38.1 Å². The van der Waals surface area contributed by atoms with Crippen molar-refractivity contribution in [1.29, 1.82) is 0 Å². The Hall–Kier alpha value is -0.550. The molecule has 0 radical (unpaired) electrons. The Morgan fingerprint density at radius 1 is 1.25 bits per heavy atom. The van der Waals surface area contributed by atoms with E-state index in [1.807, 2.05) is 24.3 Å². The molecule has 0 saturated carbocycles. The number of hydrogen-bond acceptors (Lipinski definition) is 3. The molecule has 1 aromatic rings. The van der Waals surface area contributed by atoms with Crippen molar-refractivity contribution in [3.63, 3.8) is 0 Å². The molecule has 0 aromatic heterocycles. The fourth-order valence-electron chi connectivity index (χ4n) is 1.14. The number of sulfone groups is 1. The Bertz CT molecular complexity index is 426. The van der Waals surface area contributed by atoms with Crippen LogP contribution in [0, 0.1) is 0 Å². The summed E-state index contributed by atoms with van der Waals surface area (Å²) in [6.45, 7) is 3.85. The lowest BCUT2D eigenvalue weighted by atomic mass is 10.3. The predicted molar refractivity (Wildman–Crippen MR) is 71.6 cm³/mol. The molecule has 3 nitrogen and oxygen atoms in total. The lowest BCUT2D eigenvalue weighted by molar-refractivity contribution is 0.588. The van der Waals surface area contributed by atoms with Crippen LogP contribution in [0.3, 0.4) is 0 Å². The Labute approximate surface area is 105 Å². The molecule has 0 aliphatic rings. The Balaban J connectivity index is 2.45. The summed E-state index contributed by atoms with van der Waals surface area (Å²) in [5, 5.41) is 2.78. The molecule has 0 heterocycles. The first-order valence-corrected chi connectivity index (χ1v) is 7.63. The van der Waals surface area contributed by atoms with Gasteiger partial charge in [-0.2, -0.15) is 0 Å². The van der Waals surface area contributed by atoms with Gasteiger partial charge in [0.2, 0.25) is 0 Å². The summed E-state index contributed by atoms with van der Waals surface area (Å²) in [7, 11) is -2.95. The van der Waals surface area contributed by atoms with Crippen LogP contribution in [-0.4, -0.2) is 26.0 Å². The Morgan fingerprint density at radius 3 is 2.31 bits per heavy atom. The summed E-state index contributed by atoms with van der Waals surface area (Å²) in [5.74, 6) is 0.167. The van der Waals surface area contributed by atoms with E-state index in [1.165, 1.54) is 0 Å². The lowest BCUT2D eigenvalue weighted by Gasteiger charge is -2.09. The molecule has 0 spiro atoms. The van der Waals surface area contributed by atoms with Gasteiger partial charge in [-0.3, -0.25) is 0 Å². The van der Waals surface area contributed by atoms with Gasteiger partial charge in [-0.15, -0.1) is 0 Å². The number of anilines is 1. The van der Waals surface area contributed by atoms with Crippen LogP contribution < -0.4 is 5.32 Å². The Morgan fingerprint density at radius 2 is 1.81 bits per heavy atom. The van der Waals surface area contributed by atoms with E-state index in [0.29, 0.717) is 6.54 Å². The summed E-state index contributed by atoms with van der Waals surface area (Å²) >= 11 is 3.34. The van der Waals surface area contributed by atoms with Gasteiger partial charge >= 0.3 is 0 Å². The molecule has 1 rings (SSSR count). The van der Waals surface area contributed by atoms with Crippen molar-refractivity contribution in [2.45, 2.75) is 19.1 Å². The quantitative estimate of drug-likeness (QED) is 0.910. The third-order valence-electron chi connectivity index (χ3n) is 2.28. The van der Waals surface area contributed by atoms with E-state index in [1.54, 1.807) is 13.8 Å². The Kier molecular flexibility index (Phi) is 4.80. The van der Waals surface area contributed by atoms with Crippen LogP contribution in [0.15, 0.2) is 28.7 Å². The van der Waals surface area contributed by atoms with E-state index in [2.05, 4.69) is 21.2 Å². The summed E-state index contributed by atoms with van der Waals surface area (Å²) in [6, 6.07) is 7.65. The molecular formula is C11H16BrNO2S. The molecule has 5 heteroatoms. The molecule has 0 atom stereocenters. The standard InChI is InChI=1S/C11H16BrNO2S/c1-9(2)16(14,15)8-7-13-11-5-3-10(12)4-6-11/h3-6,9,13H,7-8H2,1-2H3. The third kappa shape index (κ3) is 4.14. The molecule has 90 valence electrons. The average molecular weight is 306 g/mol. The van der Waals surface area contributed by atoms with Gasteiger partial charge in [0, 0.05) is 16.7 Å². The van der Waals surface area contributed by atoms with Gasteiger partial charge in [0.1, 0.15) is 0 Å². The first-order valence-electron chi connectivity index (χ1n) is 5.13. The number of rotatable bonds is 5. The SMILES string of the molecule is CC(C)S(=O)(=O)CCNc1ccc(Br)cc1. The summed E-state index contributed by atoms with van der Waals surface area (Å²) in [5.41, 5.74) is 0.933. The van der Waals surface area contributed by atoms with Crippen LogP contribution in [0.5, 0.6) is 0 Å². The van der Waals surface area contributed by atoms with E-state index in [4.69, 9.17) is 0 Å². The summed E-state index contributed by atoms with van der Waals surface area (Å²) in [4.78, 5) is 0. The minimum atomic E-state index is -2.95. The van der Waals surface area contributed by atoms with Crippen LogP contribution >= 0.6 is 15.9 Å². The van der Waals surface area contributed by atoms with Crippen molar-refractivity contribution in [2.24, 2.45) is 0 Å². The molecule has 0 amide bonds. The first-order chi connectivity index (χ1) is 7.42. The largest absolute Gasteiger partial charge is 0.384 e. The second-order valence-corrected chi connectivity index (χ2v) is 7.44. The van der Waals surface area contributed by atoms with Crippen molar-refractivity contribution in [1.82, 2.24) is 0 Å². The molecular weight excluding hydrogens is 290 g/mol. The highest BCUT2D eigenvalue weighted by atomic mass is 79.9. The molecule has 1 N–H and O–H groups in total.